The van der Waals surface area contributed by atoms with Gasteiger partial charge in [0.05, 0.1) is 0 Å². The lowest BCUT2D eigenvalue weighted by Crippen LogP contribution is -2.41. The Morgan fingerprint density at radius 3 is 2.86 bits per heavy atom. The lowest BCUT2D eigenvalue weighted by molar-refractivity contribution is -0.131. The maximum Gasteiger partial charge on any atom is 0.328 e. The summed E-state index contributed by atoms with van der Waals surface area (Å²) in [6, 6.07) is 4.94. The Balaban J connectivity index is 2.15. The van der Waals surface area contributed by atoms with Crippen LogP contribution in [0.15, 0.2) is 24.3 Å². The molecule has 1 atom stereocenters. The zero-order valence-corrected chi connectivity index (χ0v) is 13.2. The van der Waals surface area contributed by atoms with E-state index in [0.717, 1.165) is 24.9 Å². The van der Waals surface area contributed by atoms with Crippen molar-refractivity contribution in [2.45, 2.75) is 12.2 Å². The molecule has 1 aliphatic rings. The molecule has 0 bridgehead atoms. The minimum absolute atomic E-state index is 0.0298. The van der Waals surface area contributed by atoms with Crippen LogP contribution in [0.3, 0.4) is 0 Å². The molecule has 1 unspecified atom stereocenters. The number of carbonyl (C=O) groups excluding carboxylic acids is 1. The number of hydrogen-bond acceptors (Lipinski definition) is 3. The Morgan fingerprint density at radius 1 is 1.48 bits per heavy atom. The summed E-state index contributed by atoms with van der Waals surface area (Å²) in [4.78, 5) is 24.8. The molecule has 1 heterocycles. The summed E-state index contributed by atoms with van der Waals surface area (Å²) in [6.45, 7) is 3.59. The van der Waals surface area contributed by atoms with Crippen molar-refractivity contribution in [2.75, 3.05) is 18.8 Å². The van der Waals surface area contributed by atoms with Crippen LogP contribution in [0.1, 0.15) is 22.8 Å². The Morgan fingerprint density at radius 2 is 2.24 bits per heavy atom. The first-order chi connectivity index (χ1) is 9.97. The van der Waals surface area contributed by atoms with E-state index in [1.54, 1.807) is 18.2 Å². The van der Waals surface area contributed by atoms with Crippen LogP contribution in [-0.4, -0.2) is 46.0 Å². The Bertz CT molecular complexity index is 588. The number of nitrogens with zero attached hydrogens (tertiary/aromatic N) is 1. The molecule has 21 heavy (non-hydrogen) atoms. The van der Waals surface area contributed by atoms with Crippen molar-refractivity contribution in [2.24, 2.45) is 0 Å². The first-order valence-electron chi connectivity index (χ1n) is 6.59. The zero-order chi connectivity index (χ0) is 15.4. The molecule has 0 aliphatic carbocycles. The third kappa shape index (κ3) is 4.25. The Labute approximate surface area is 132 Å². The van der Waals surface area contributed by atoms with Gasteiger partial charge >= 0.3 is 5.97 Å². The highest BCUT2D eigenvalue weighted by Gasteiger charge is 2.22. The van der Waals surface area contributed by atoms with E-state index in [1.807, 2.05) is 16.7 Å². The largest absolute Gasteiger partial charge is 0.478 e. The first kappa shape index (κ1) is 15.9. The van der Waals surface area contributed by atoms with Crippen LogP contribution in [0.25, 0.3) is 6.08 Å². The Kier molecular flexibility index (Phi) is 5.31. The van der Waals surface area contributed by atoms with Crippen LogP contribution >= 0.6 is 23.4 Å². The summed E-state index contributed by atoms with van der Waals surface area (Å²) in [7, 11) is 0. The number of benzene rings is 1. The highest BCUT2D eigenvalue weighted by atomic mass is 35.5. The third-order valence-corrected chi connectivity index (χ3v) is 4.64. The average Bonchev–Trinajstić information content (AvgIpc) is 2.45. The van der Waals surface area contributed by atoms with Crippen molar-refractivity contribution < 1.29 is 14.7 Å². The van der Waals surface area contributed by atoms with Gasteiger partial charge in [0, 0.05) is 40.8 Å². The molecule has 0 radical (unpaired) electrons. The highest BCUT2D eigenvalue weighted by Crippen LogP contribution is 2.23. The molecule has 112 valence electrons. The summed E-state index contributed by atoms with van der Waals surface area (Å²) < 4.78 is 0. The fraction of sp³-hybridized carbons (Fsp3) is 0.333. The molecule has 0 saturated carbocycles. The first-order valence-corrected chi connectivity index (χ1v) is 8.01. The second-order valence-corrected chi connectivity index (χ2v) is 6.79. The quantitative estimate of drug-likeness (QED) is 0.868. The topological polar surface area (TPSA) is 57.6 Å². The molecule has 4 nitrogen and oxygen atoms in total. The number of aliphatic carboxylic acids is 1. The number of thioether (sulfide) groups is 1. The average molecular weight is 326 g/mol. The number of hydrogen-bond donors (Lipinski definition) is 1. The number of amides is 1. The van der Waals surface area contributed by atoms with Gasteiger partial charge in [-0.2, -0.15) is 11.8 Å². The molecule has 1 aliphatic heterocycles. The van der Waals surface area contributed by atoms with Gasteiger partial charge in [-0.15, -0.1) is 0 Å². The molecule has 1 aromatic rings. The van der Waals surface area contributed by atoms with Gasteiger partial charge < -0.3 is 10.0 Å². The highest BCUT2D eigenvalue weighted by molar-refractivity contribution is 7.99. The summed E-state index contributed by atoms with van der Waals surface area (Å²) in [6.07, 6.45) is 2.44. The van der Waals surface area contributed by atoms with Gasteiger partial charge in [-0.3, -0.25) is 4.79 Å². The summed E-state index contributed by atoms with van der Waals surface area (Å²) in [5.74, 6) is -0.121. The number of halogens is 1. The molecular formula is C15H16ClNO3S. The fourth-order valence-corrected chi connectivity index (χ4v) is 3.40. The van der Waals surface area contributed by atoms with Crippen LogP contribution in [-0.2, 0) is 4.79 Å². The number of carboxylic acid groups (broad SMARTS) is 1. The van der Waals surface area contributed by atoms with E-state index in [0.29, 0.717) is 21.4 Å². The van der Waals surface area contributed by atoms with Gasteiger partial charge in [0.15, 0.2) is 0 Å². The number of rotatable bonds is 3. The van der Waals surface area contributed by atoms with E-state index in [4.69, 9.17) is 16.7 Å². The van der Waals surface area contributed by atoms with E-state index < -0.39 is 5.97 Å². The van der Waals surface area contributed by atoms with E-state index in [-0.39, 0.29) is 5.91 Å². The minimum atomic E-state index is -1.04. The normalized spacial score (nSPS) is 19.0. The molecule has 0 spiro atoms. The summed E-state index contributed by atoms with van der Waals surface area (Å²) in [5.41, 5.74) is 1.12. The van der Waals surface area contributed by atoms with Crippen molar-refractivity contribution in [1.82, 2.24) is 4.90 Å². The number of carboxylic acids is 1. The van der Waals surface area contributed by atoms with Crippen LogP contribution in [0.4, 0.5) is 0 Å². The standard InChI is InChI=1S/C15H16ClNO3S/c1-10-9-17(6-7-21-10)15(20)12-3-2-11(13(16)8-12)4-5-14(18)19/h2-5,8,10H,6-7,9H2,1H3,(H,18,19)/b5-4+. The van der Waals surface area contributed by atoms with E-state index in [1.165, 1.54) is 6.08 Å². The molecule has 1 saturated heterocycles. The summed E-state index contributed by atoms with van der Waals surface area (Å²) in [5, 5.41) is 9.42. The zero-order valence-electron chi connectivity index (χ0n) is 11.6. The smallest absolute Gasteiger partial charge is 0.328 e. The predicted molar refractivity (Wildman–Crippen MR) is 85.9 cm³/mol. The SMILES string of the molecule is CC1CN(C(=O)c2ccc(/C=C/C(=O)O)c(Cl)c2)CCS1. The maximum atomic E-state index is 12.4. The second kappa shape index (κ2) is 7.00. The van der Waals surface area contributed by atoms with Crippen molar-refractivity contribution in [3.8, 4) is 0 Å². The van der Waals surface area contributed by atoms with Crippen molar-refractivity contribution in [3.05, 3.63) is 40.4 Å². The molecule has 6 heteroatoms. The fourth-order valence-electron chi connectivity index (χ4n) is 2.14. The summed E-state index contributed by atoms with van der Waals surface area (Å²) >= 11 is 7.97. The van der Waals surface area contributed by atoms with Crippen LogP contribution in [0.5, 0.6) is 0 Å². The molecule has 1 fully saturated rings. The monoisotopic (exact) mass is 325 g/mol. The second-order valence-electron chi connectivity index (χ2n) is 4.84. The molecule has 1 aromatic carbocycles. The Hall–Kier alpha value is -1.46. The number of carbonyl (C=O) groups is 2. The van der Waals surface area contributed by atoms with Gasteiger partial charge in [-0.05, 0) is 23.8 Å². The third-order valence-electron chi connectivity index (χ3n) is 3.18. The lowest BCUT2D eigenvalue weighted by Gasteiger charge is -2.30. The van der Waals surface area contributed by atoms with E-state index >= 15 is 0 Å². The van der Waals surface area contributed by atoms with Crippen LogP contribution in [0, 0.1) is 0 Å². The van der Waals surface area contributed by atoms with E-state index in [9.17, 15) is 9.59 Å². The molecule has 1 N–H and O–H groups in total. The van der Waals surface area contributed by atoms with Gasteiger partial charge in [-0.1, -0.05) is 24.6 Å². The van der Waals surface area contributed by atoms with Gasteiger partial charge in [0.1, 0.15) is 0 Å². The van der Waals surface area contributed by atoms with E-state index in [2.05, 4.69) is 6.92 Å². The lowest BCUT2D eigenvalue weighted by atomic mass is 10.1. The maximum absolute atomic E-state index is 12.4. The van der Waals surface area contributed by atoms with Crippen molar-refractivity contribution in [1.29, 1.82) is 0 Å². The van der Waals surface area contributed by atoms with Gasteiger partial charge in [0.25, 0.3) is 5.91 Å². The van der Waals surface area contributed by atoms with Crippen LogP contribution < -0.4 is 0 Å². The molecular weight excluding hydrogens is 310 g/mol. The minimum Gasteiger partial charge on any atom is -0.478 e. The molecule has 0 aromatic heterocycles. The predicted octanol–water partition coefficient (Wildman–Crippen LogP) is 3.02. The van der Waals surface area contributed by atoms with Crippen molar-refractivity contribution in [3.63, 3.8) is 0 Å². The van der Waals surface area contributed by atoms with Gasteiger partial charge in [0.2, 0.25) is 0 Å². The van der Waals surface area contributed by atoms with Crippen LogP contribution in [0.2, 0.25) is 5.02 Å². The molecule has 2 rings (SSSR count). The van der Waals surface area contributed by atoms with Gasteiger partial charge in [-0.25, -0.2) is 4.79 Å². The van der Waals surface area contributed by atoms with Crippen molar-refractivity contribution >= 4 is 41.3 Å². The molecule has 1 amide bonds.